The first-order chi connectivity index (χ1) is 10.8. The number of aryl methyl sites for hydroxylation is 1. The third-order valence-electron chi connectivity index (χ3n) is 4.08. The minimum absolute atomic E-state index is 0.195. The molecule has 1 aromatic carbocycles. The van der Waals surface area contributed by atoms with Crippen LogP contribution in [0.25, 0.3) is 10.8 Å². The van der Waals surface area contributed by atoms with Crippen molar-refractivity contribution in [2.24, 2.45) is 0 Å². The molecule has 3 aromatic rings. The summed E-state index contributed by atoms with van der Waals surface area (Å²) in [5.41, 5.74) is 0.421. The van der Waals surface area contributed by atoms with E-state index < -0.39 is 0 Å². The van der Waals surface area contributed by atoms with Crippen LogP contribution in [0.5, 0.6) is 0 Å². The van der Waals surface area contributed by atoms with Crippen LogP contribution in [0.4, 0.5) is 5.82 Å². The topological polar surface area (TPSA) is 59.8 Å². The van der Waals surface area contributed by atoms with Crippen LogP contribution < -0.4 is 5.32 Å². The monoisotopic (exact) mass is 292 g/mol. The van der Waals surface area contributed by atoms with Gasteiger partial charge in [0.2, 0.25) is 0 Å². The molecule has 5 heteroatoms. The maximum Gasteiger partial charge on any atom is 0.275 e. The van der Waals surface area contributed by atoms with E-state index in [9.17, 15) is 4.79 Å². The van der Waals surface area contributed by atoms with Gasteiger partial charge in [0.05, 0.1) is 6.20 Å². The fourth-order valence-electron chi connectivity index (χ4n) is 2.90. The molecule has 3 heterocycles. The average Bonchev–Trinajstić information content (AvgIpc) is 2.97. The molecule has 0 aliphatic carbocycles. The van der Waals surface area contributed by atoms with Crippen LogP contribution in [-0.4, -0.2) is 20.4 Å². The zero-order valence-corrected chi connectivity index (χ0v) is 12.1. The molecular formula is C17H16N4O. The molecule has 4 rings (SSSR count). The van der Waals surface area contributed by atoms with Crippen LogP contribution in [0.3, 0.4) is 0 Å². The smallest absolute Gasteiger partial charge is 0.275 e. The summed E-state index contributed by atoms with van der Waals surface area (Å²) in [5.74, 6) is 1.61. The summed E-state index contributed by atoms with van der Waals surface area (Å²) in [6, 6.07) is 9.70. The first-order valence-electron chi connectivity index (χ1n) is 7.52. The number of fused-ring (bicyclic) bond motifs is 2. The lowest BCUT2D eigenvalue weighted by molar-refractivity contribution is 0.102. The van der Waals surface area contributed by atoms with Gasteiger partial charge in [-0.05, 0) is 24.3 Å². The molecule has 1 aliphatic heterocycles. The second kappa shape index (κ2) is 5.26. The maximum atomic E-state index is 12.4. The van der Waals surface area contributed by atoms with Crippen molar-refractivity contribution in [1.29, 1.82) is 0 Å². The van der Waals surface area contributed by atoms with E-state index in [0.29, 0.717) is 5.69 Å². The molecule has 0 spiro atoms. The predicted octanol–water partition coefficient (Wildman–Crippen LogP) is 3.02. The Morgan fingerprint density at radius 2 is 1.95 bits per heavy atom. The van der Waals surface area contributed by atoms with Crippen molar-refractivity contribution in [2.45, 2.75) is 25.8 Å². The summed E-state index contributed by atoms with van der Waals surface area (Å²) in [5, 5.41) is 4.97. The van der Waals surface area contributed by atoms with Crippen LogP contribution in [0.15, 0.2) is 42.7 Å². The number of carbonyl (C=O) groups is 1. The lowest BCUT2D eigenvalue weighted by Crippen LogP contribution is -2.19. The van der Waals surface area contributed by atoms with Crippen LogP contribution >= 0.6 is 0 Å². The quantitative estimate of drug-likeness (QED) is 0.790. The minimum Gasteiger partial charge on any atom is -0.315 e. The van der Waals surface area contributed by atoms with Crippen LogP contribution in [0.1, 0.15) is 29.2 Å². The van der Waals surface area contributed by atoms with Crippen LogP contribution in [0.2, 0.25) is 0 Å². The minimum atomic E-state index is -0.195. The van der Waals surface area contributed by atoms with E-state index in [4.69, 9.17) is 0 Å². The molecule has 0 bridgehead atoms. The fourth-order valence-corrected chi connectivity index (χ4v) is 2.90. The van der Waals surface area contributed by atoms with Crippen molar-refractivity contribution in [2.75, 3.05) is 5.32 Å². The molecule has 0 radical (unpaired) electrons. The van der Waals surface area contributed by atoms with Crippen molar-refractivity contribution in [3.05, 3.63) is 54.2 Å². The van der Waals surface area contributed by atoms with Gasteiger partial charge >= 0.3 is 0 Å². The van der Waals surface area contributed by atoms with Crippen molar-refractivity contribution < 1.29 is 4.79 Å². The standard InChI is InChI=1S/C17H16N4O/c22-17(14-9-12-5-1-2-6-13(12)10-18-14)20-16-11-19-15-7-3-4-8-21(15)16/h1-2,5-6,9-11H,3-4,7-8H2,(H,20,22). The van der Waals surface area contributed by atoms with Gasteiger partial charge in [0, 0.05) is 24.5 Å². The molecule has 22 heavy (non-hydrogen) atoms. The molecule has 0 fully saturated rings. The van der Waals surface area contributed by atoms with E-state index in [1.165, 1.54) is 0 Å². The number of rotatable bonds is 2. The Hall–Kier alpha value is -2.69. The number of aromatic nitrogens is 3. The molecule has 110 valence electrons. The molecule has 0 saturated heterocycles. The number of nitrogens with zero attached hydrogens (tertiary/aromatic N) is 3. The summed E-state index contributed by atoms with van der Waals surface area (Å²) >= 11 is 0. The Morgan fingerprint density at radius 1 is 1.09 bits per heavy atom. The van der Waals surface area contributed by atoms with Crippen molar-refractivity contribution in [1.82, 2.24) is 14.5 Å². The van der Waals surface area contributed by atoms with Crippen LogP contribution in [-0.2, 0) is 13.0 Å². The zero-order chi connectivity index (χ0) is 14.9. The number of anilines is 1. The zero-order valence-electron chi connectivity index (χ0n) is 12.1. The van der Waals surface area contributed by atoms with Gasteiger partial charge in [-0.1, -0.05) is 24.3 Å². The molecule has 1 N–H and O–H groups in total. The van der Waals surface area contributed by atoms with Crippen molar-refractivity contribution in [3.8, 4) is 0 Å². The number of nitrogens with one attached hydrogen (secondary N) is 1. The number of pyridine rings is 1. The second-order valence-corrected chi connectivity index (χ2v) is 5.54. The Balaban J connectivity index is 1.62. The number of hydrogen-bond donors (Lipinski definition) is 1. The number of carbonyl (C=O) groups excluding carboxylic acids is 1. The maximum absolute atomic E-state index is 12.4. The molecule has 5 nitrogen and oxygen atoms in total. The van der Waals surface area contributed by atoms with Gasteiger partial charge in [0.1, 0.15) is 17.3 Å². The molecule has 0 atom stereocenters. The van der Waals surface area contributed by atoms with E-state index in [1.54, 1.807) is 12.4 Å². The van der Waals surface area contributed by atoms with Crippen molar-refractivity contribution in [3.63, 3.8) is 0 Å². The molecule has 2 aromatic heterocycles. The van der Waals surface area contributed by atoms with E-state index in [2.05, 4.69) is 19.9 Å². The first-order valence-corrected chi connectivity index (χ1v) is 7.52. The number of hydrogen-bond acceptors (Lipinski definition) is 3. The Kier molecular flexibility index (Phi) is 3.11. The average molecular weight is 292 g/mol. The second-order valence-electron chi connectivity index (χ2n) is 5.54. The molecule has 0 unspecified atom stereocenters. The van der Waals surface area contributed by atoms with E-state index in [0.717, 1.165) is 48.2 Å². The predicted molar refractivity (Wildman–Crippen MR) is 84.9 cm³/mol. The van der Waals surface area contributed by atoms with Gasteiger partial charge < -0.3 is 9.88 Å². The van der Waals surface area contributed by atoms with Gasteiger partial charge in [-0.2, -0.15) is 0 Å². The molecular weight excluding hydrogens is 276 g/mol. The highest BCUT2D eigenvalue weighted by molar-refractivity contribution is 6.04. The summed E-state index contributed by atoms with van der Waals surface area (Å²) in [4.78, 5) is 21.1. The van der Waals surface area contributed by atoms with E-state index in [-0.39, 0.29) is 5.91 Å². The fraction of sp³-hybridized carbons (Fsp3) is 0.235. The highest BCUT2D eigenvalue weighted by Gasteiger charge is 2.16. The summed E-state index contributed by atoms with van der Waals surface area (Å²) in [6.45, 7) is 0.913. The highest BCUT2D eigenvalue weighted by Crippen LogP contribution is 2.20. The normalized spacial score (nSPS) is 13.8. The number of benzene rings is 1. The lowest BCUT2D eigenvalue weighted by atomic mass is 10.1. The third kappa shape index (κ3) is 2.24. The third-order valence-corrected chi connectivity index (χ3v) is 4.08. The van der Waals surface area contributed by atoms with Gasteiger partial charge in [-0.3, -0.25) is 9.78 Å². The Bertz CT molecular complexity index is 853. The van der Waals surface area contributed by atoms with Crippen molar-refractivity contribution >= 4 is 22.5 Å². The van der Waals surface area contributed by atoms with Gasteiger partial charge in [-0.15, -0.1) is 0 Å². The largest absolute Gasteiger partial charge is 0.315 e. The highest BCUT2D eigenvalue weighted by atomic mass is 16.2. The number of amides is 1. The van der Waals surface area contributed by atoms with Crippen LogP contribution in [0, 0.1) is 0 Å². The summed E-state index contributed by atoms with van der Waals surface area (Å²) in [6.07, 6.45) is 6.73. The summed E-state index contributed by atoms with van der Waals surface area (Å²) in [7, 11) is 0. The van der Waals surface area contributed by atoms with Gasteiger partial charge in [0.15, 0.2) is 0 Å². The lowest BCUT2D eigenvalue weighted by Gasteiger charge is -2.16. The molecule has 1 aliphatic rings. The molecule has 1 amide bonds. The van der Waals surface area contributed by atoms with E-state index >= 15 is 0 Å². The number of imidazole rings is 1. The van der Waals surface area contributed by atoms with E-state index in [1.807, 2.05) is 30.3 Å². The molecule has 0 saturated carbocycles. The van der Waals surface area contributed by atoms with Gasteiger partial charge in [-0.25, -0.2) is 4.98 Å². The summed E-state index contributed by atoms with van der Waals surface area (Å²) < 4.78 is 2.09. The Morgan fingerprint density at radius 3 is 2.86 bits per heavy atom. The van der Waals surface area contributed by atoms with Gasteiger partial charge in [0.25, 0.3) is 5.91 Å². The first kappa shape index (κ1) is 13.0. The Labute approximate surface area is 128 Å². The SMILES string of the molecule is O=C(Nc1cnc2n1CCCC2)c1cc2ccccc2cn1.